The summed E-state index contributed by atoms with van der Waals surface area (Å²) in [4.78, 5) is 27.7. The zero-order valence-electron chi connectivity index (χ0n) is 14.8. The first-order chi connectivity index (χ1) is 12.5. The van der Waals surface area contributed by atoms with Crippen LogP contribution >= 0.6 is 22.6 Å². The Bertz CT molecular complexity index is 880. The van der Waals surface area contributed by atoms with Gasteiger partial charge in [0.2, 0.25) is 0 Å². The van der Waals surface area contributed by atoms with Crippen molar-refractivity contribution in [1.82, 2.24) is 4.90 Å². The highest BCUT2D eigenvalue weighted by Crippen LogP contribution is 2.61. The maximum absolute atomic E-state index is 12.8. The summed E-state index contributed by atoms with van der Waals surface area (Å²) >= 11 is 2.35. The Labute approximate surface area is 166 Å². The number of carbonyl (C=O) groups is 2. The number of rotatable bonds is 2. The van der Waals surface area contributed by atoms with Crippen LogP contribution in [0.25, 0.3) is 0 Å². The summed E-state index contributed by atoms with van der Waals surface area (Å²) in [6, 6.07) is 6.81. The van der Waals surface area contributed by atoms with Crippen molar-refractivity contribution in [2.24, 2.45) is 11.8 Å². The highest BCUT2D eigenvalue weighted by Gasteiger charge is 2.63. The lowest BCUT2D eigenvalue weighted by Crippen LogP contribution is -2.57. The average molecular weight is 464 g/mol. The number of nitrogens with one attached hydrogen (secondary N) is 1. The number of piperidine rings is 1. The predicted molar refractivity (Wildman–Crippen MR) is 106 cm³/mol. The van der Waals surface area contributed by atoms with Crippen molar-refractivity contribution in [1.29, 1.82) is 0 Å². The first kappa shape index (κ1) is 16.7. The lowest BCUT2D eigenvalue weighted by molar-refractivity contribution is -0.138. The first-order valence-electron chi connectivity index (χ1n) is 9.12. The molecular formula is C20H21IN2O3. The molecule has 2 fully saturated rings. The van der Waals surface area contributed by atoms with Crippen molar-refractivity contribution in [3.05, 3.63) is 38.6 Å². The Morgan fingerprint density at radius 3 is 2.92 bits per heavy atom. The molecule has 4 aliphatic rings. The summed E-state index contributed by atoms with van der Waals surface area (Å²) < 4.78 is 6.38. The van der Waals surface area contributed by atoms with Crippen LogP contribution < -0.4 is 5.32 Å². The zero-order chi connectivity index (χ0) is 18.2. The predicted octanol–water partition coefficient (Wildman–Crippen LogP) is 2.69. The minimum atomic E-state index is -0.288. The van der Waals surface area contributed by atoms with E-state index in [9.17, 15) is 9.59 Å². The van der Waals surface area contributed by atoms with Gasteiger partial charge >= 0.3 is 5.97 Å². The maximum Gasteiger partial charge on any atom is 0.335 e. The Morgan fingerprint density at radius 2 is 2.19 bits per heavy atom. The molecule has 1 aromatic carbocycles. The van der Waals surface area contributed by atoms with Gasteiger partial charge in [-0.3, -0.25) is 9.69 Å². The molecule has 4 atom stereocenters. The van der Waals surface area contributed by atoms with Crippen LogP contribution in [0.15, 0.2) is 29.5 Å². The quantitative estimate of drug-likeness (QED) is 0.539. The van der Waals surface area contributed by atoms with Crippen LogP contribution in [0.3, 0.4) is 0 Å². The number of anilines is 1. The molecule has 1 aliphatic carbocycles. The molecule has 26 heavy (non-hydrogen) atoms. The van der Waals surface area contributed by atoms with E-state index in [-0.39, 0.29) is 29.0 Å². The van der Waals surface area contributed by atoms with Crippen molar-refractivity contribution < 1.29 is 14.3 Å². The second-order valence-corrected chi connectivity index (χ2v) is 9.13. The van der Waals surface area contributed by atoms with Gasteiger partial charge in [-0.05, 0) is 72.7 Å². The SMILES string of the molecule is COC(=O)C1=C2Nc3ccc(I)cc3[C@@]23CCN2CC(C(C)=O)C1C[C@H]23. The molecular weight excluding hydrogens is 443 g/mol. The van der Waals surface area contributed by atoms with E-state index in [0.717, 1.165) is 37.3 Å². The third kappa shape index (κ3) is 1.94. The van der Waals surface area contributed by atoms with Crippen LogP contribution in [0.1, 0.15) is 25.3 Å². The monoisotopic (exact) mass is 464 g/mol. The zero-order valence-corrected chi connectivity index (χ0v) is 17.0. The van der Waals surface area contributed by atoms with Gasteiger partial charge in [0.15, 0.2) is 0 Å². The highest BCUT2D eigenvalue weighted by atomic mass is 127. The molecule has 1 spiro atoms. The summed E-state index contributed by atoms with van der Waals surface area (Å²) in [6.45, 7) is 3.37. The molecule has 0 amide bonds. The van der Waals surface area contributed by atoms with Gasteiger partial charge in [-0.2, -0.15) is 0 Å². The van der Waals surface area contributed by atoms with E-state index in [0.29, 0.717) is 11.6 Å². The molecule has 6 heteroatoms. The topological polar surface area (TPSA) is 58.6 Å². The lowest BCUT2D eigenvalue weighted by atomic mass is 9.60. The summed E-state index contributed by atoms with van der Waals surface area (Å²) in [5.74, 6) is -0.303. The minimum Gasteiger partial charge on any atom is -0.466 e. The van der Waals surface area contributed by atoms with Gasteiger partial charge < -0.3 is 10.1 Å². The van der Waals surface area contributed by atoms with E-state index in [1.54, 1.807) is 6.92 Å². The van der Waals surface area contributed by atoms with Gasteiger partial charge in [0.25, 0.3) is 0 Å². The number of Topliss-reactive ketones (excluding diaryl/α,β-unsaturated/α-hetero) is 1. The van der Waals surface area contributed by atoms with Gasteiger partial charge in [-0.1, -0.05) is 0 Å². The number of hydrogen-bond acceptors (Lipinski definition) is 5. The van der Waals surface area contributed by atoms with Crippen LogP contribution in [-0.4, -0.2) is 42.9 Å². The largest absolute Gasteiger partial charge is 0.466 e. The van der Waals surface area contributed by atoms with Crippen molar-refractivity contribution in [2.45, 2.75) is 31.2 Å². The number of carbonyl (C=O) groups excluding carboxylic acids is 2. The van der Waals surface area contributed by atoms with Gasteiger partial charge in [0, 0.05) is 39.4 Å². The second kappa shape index (κ2) is 5.55. The molecule has 0 aromatic heterocycles. The first-order valence-corrected chi connectivity index (χ1v) is 10.2. The molecule has 5 rings (SSSR count). The third-order valence-electron chi connectivity index (χ3n) is 6.93. The van der Waals surface area contributed by atoms with Crippen LogP contribution in [0.5, 0.6) is 0 Å². The molecule has 0 radical (unpaired) electrons. The van der Waals surface area contributed by atoms with E-state index in [4.69, 9.17) is 4.74 Å². The Morgan fingerprint density at radius 1 is 1.38 bits per heavy atom. The summed E-state index contributed by atoms with van der Waals surface area (Å²) in [7, 11) is 1.44. The molecule has 2 bridgehead atoms. The lowest BCUT2D eigenvalue weighted by Gasteiger charge is -2.50. The van der Waals surface area contributed by atoms with Crippen molar-refractivity contribution in [3.8, 4) is 0 Å². The fourth-order valence-electron chi connectivity index (χ4n) is 5.88. The Balaban J connectivity index is 1.79. The third-order valence-corrected chi connectivity index (χ3v) is 7.60. The molecule has 2 unspecified atom stereocenters. The summed E-state index contributed by atoms with van der Waals surface area (Å²) in [5.41, 5.74) is 3.93. The molecule has 5 nitrogen and oxygen atoms in total. The van der Waals surface area contributed by atoms with Gasteiger partial charge in [0.05, 0.1) is 18.1 Å². The van der Waals surface area contributed by atoms with E-state index in [2.05, 4.69) is 51.0 Å². The van der Waals surface area contributed by atoms with Crippen molar-refractivity contribution in [3.63, 3.8) is 0 Å². The number of esters is 1. The number of ketones is 1. The fourth-order valence-corrected chi connectivity index (χ4v) is 6.37. The van der Waals surface area contributed by atoms with Crippen molar-refractivity contribution >= 4 is 40.0 Å². The van der Waals surface area contributed by atoms with Gasteiger partial charge in [-0.15, -0.1) is 0 Å². The smallest absolute Gasteiger partial charge is 0.335 e. The molecule has 3 heterocycles. The summed E-state index contributed by atoms with van der Waals surface area (Å²) in [5, 5.41) is 3.57. The maximum atomic E-state index is 12.8. The van der Waals surface area contributed by atoms with E-state index in [1.165, 1.54) is 16.2 Å². The fraction of sp³-hybridized carbons (Fsp3) is 0.500. The molecule has 1 aromatic rings. The van der Waals surface area contributed by atoms with Gasteiger partial charge in [0.1, 0.15) is 5.78 Å². The van der Waals surface area contributed by atoms with Crippen LogP contribution in [0, 0.1) is 15.4 Å². The molecule has 2 saturated heterocycles. The highest BCUT2D eigenvalue weighted by molar-refractivity contribution is 14.1. The van der Waals surface area contributed by atoms with Crippen LogP contribution in [-0.2, 0) is 19.7 Å². The number of fused-ring (bicyclic) bond motifs is 2. The van der Waals surface area contributed by atoms with Gasteiger partial charge in [-0.25, -0.2) is 4.79 Å². The molecule has 3 aliphatic heterocycles. The van der Waals surface area contributed by atoms with Crippen LogP contribution in [0.2, 0.25) is 0 Å². The van der Waals surface area contributed by atoms with E-state index in [1.807, 2.05) is 0 Å². The number of hydrogen-bond donors (Lipinski definition) is 1. The number of ether oxygens (including phenoxy) is 1. The number of halogens is 1. The molecule has 1 N–H and O–H groups in total. The molecule has 136 valence electrons. The number of methoxy groups -OCH3 is 1. The summed E-state index contributed by atoms with van der Waals surface area (Å²) in [6.07, 6.45) is 1.83. The Kier molecular flexibility index (Phi) is 3.57. The number of nitrogens with zero attached hydrogens (tertiary/aromatic N) is 1. The standard InChI is InChI=1S/C20H21IN2O3/c1-10(24)13-9-23-6-5-20-14-7-11(21)3-4-15(14)22-18(20)17(19(25)26-2)12(13)8-16(20)23/h3-4,7,12-13,16,22H,5-6,8-9H2,1-2H3/t12?,13?,16-,20+/m0/s1. The van der Waals surface area contributed by atoms with Crippen LogP contribution in [0.4, 0.5) is 5.69 Å². The van der Waals surface area contributed by atoms with E-state index >= 15 is 0 Å². The number of benzene rings is 1. The minimum absolute atomic E-state index is 0.0525. The molecule has 0 saturated carbocycles. The Hall–Kier alpha value is -1.41. The normalized spacial score (nSPS) is 34.2. The van der Waals surface area contributed by atoms with E-state index < -0.39 is 0 Å². The second-order valence-electron chi connectivity index (χ2n) is 7.89. The average Bonchev–Trinajstić information content (AvgIpc) is 3.17. The van der Waals surface area contributed by atoms with Crippen molar-refractivity contribution in [2.75, 3.05) is 25.5 Å².